The molecular formula is C43H60N4. The third-order valence-electron chi connectivity index (χ3n) is 11.3. The molecule has 7 unspecified atom stereocenters. The lowest BCUT2D eigenvalue weighted by Gasteiger charge is -2.46. The van der Waals surface area contributed by atoms with Crippen molar-refractivity contribution in [3.05, 3.63) is 132 Å². The van der Waals surface area contributed by atoms with E-state index in [-0.39, 0.29) is 0 Å². The number of hydrogen-bond donors (Lipinski definition) is 4. The van der Waals surface area contributed by atoms with E-state index in [1.54, 1.807) is 0 Å². The smallest absolute Gasteiger partial charge is 0.0342 e. The molecule has 4 aliphatic carbocycles. The van der Waals surface area contributed by atoms with E-state index >= 15 is 0 Å². The van der Waals surface area contributed by atoms with Crippen LogP contribution in [-0.4, -0.2) is 32.2 Å². The molecule has 1 fully saturated rings. The van der Waals surface area contributed by atoms with E-state index in [1.807, 2.05) is 6.08 Å². The maximum absolute atomic E-state index is 6.42. The van der Waals surface area contributed by atoms with Crippen LogP contribution in [0.1, 0.15) is 64.7 Å². The van der Waals surface area contributed by atoms with Crippen molar-refractivity contribution < 1.29 is 0 Å². The second kappa shape index (κ2) is 18.4. The first-order valence-electron chi connectivity index (χ1n) is 18.4. The number of hydrogen-bond acceptors (Lipinski definition) is 4. The van der Waals surface area contributed by atoms with Crippen LogP contribution in [-0.2, 0) is 0 Å². The molecule has 4 nitrogen and oxygen atoms in total. The standard InChI is InChI=1S/C43H60N4/c1-3-33(26-27-44)34-13-11-14-35(29-34)37(31-47-39-16-5-4-6-17-39)23-22-32(2)40-24-25-41(43-21-8-7-20-42(40)43)36(30-45)15-12-19-38-18-9-10-28-46-38/h3,5,7,9-16,18-20,23,26,32,35,39-43,46-47H,1,4,6,8,17,21-22,24-25,27-31,44-45H2,2H3/b19-12+,33-26+,36-15+,37-23+. The molecule has 7 atom stereocenters. The van der Waals surface area contributed by atoms with E-state index in [1.165, 1.54) is 67.2 Å². The van der Waals surface area contributed by atoms with Gasteiger partial charge in [0.2, 0.25) is 0 Å². The summed E-state index contributed by atoms with van der Waals surface area (Å²) >= 11 is 0. The van der Waals surface area contributed by atoms with Crippen molar-refractivity contribution >= 4 is 0 Å². The van der Waals surface area contributed by atoms with Gasteiger partial charge in [-0.25, -0.2) is 0 Å². The fraction of sp³-hybridized carbons (Fsp3) is 0.488. The minimum Gasteiger partial charge on any atom is -0.382 e. The Balaban J connectivity index is 1.29. The fourth-order valence-electron chi connectivity index (χ4n) is 8.64. The summed E-state index contributed by atoms with van der Waals surface area (Å²) in [5, 5.41) is 7.33. The molecule has 5 aliphatic rings. The van der Waals surface area contributed by atoms with Crippen LogP contribution < -0.4 is 22.1 Å². The maximum Gasteiger partial charge on any atom is 0.0342 e. The van der Waals surface area contributed by atoms with Crippen LogP contribution in [0.15, 0.2) is 132 Å². The zero-order valence-corrected chi connectivity index (χ0v) is 28.8. The first-order chi connectivity index (χ1) is 23.1. The quantitative estimate of drug-likeness (QED) is 0.115. The van der Waals surface area contributed by atoms with Crippen molar-refractivity contribution in [2.24, 2.45) is 47.0 Å². The Hall–Kier alpha value is -3.18. The van der Waals surface area contributed by atoms with Crippen molar-refractivity contribution in [1.82, 2.24) is 10.6 Å². The molecule has 1 heterocycles. The van der Waals surface area contributed by atoms with E-state index in [0.717, 1.165) is 31.6 Å². The Kier molecular flexibility index (Phi) is 13.7. The van der Waals surface area contributed by atoms with Gasteiger partial charge in [-0.1, -0.05) is 110 Å². The predicted octanol–water partition coefficient (Wildman–Crippen LogP) is 8.30. The van der Waals surface area contributed by atoms with Crippen LogP contribution >= 0.6 is 0 Å². The van der Waals surface area contributed by atoms with Gasteiger partial charge in [-0.3, -0.25) is 0 Å². The molecule has 0 radical (unpaired) electrons. The molecule has 252 valence electrons. The second-order valence-electron chi connectivity index (χ2n) is 14.2. The average Bonchev–Trinajstić information content (AvgIpc) is 3.13. The fourth-order valence-corrected chi connectivity index (χ4v) is 8.64. The zero-order valence-electron chi connectivity index (χ0n) is 28.8. The van der Waals surface area contributed by atoms with Crippen molar-refractivity contribution in [3.63, 3.8) is 0 Å². The summed E-state index contributed by atoms with van der Waals surface area (Å²) in [6.07, 6.45) is 47.2. The maximum atomic E-state index is 6.42. The number of dihydropyridines is 1. The van der Waals surface area contributed by atoms with Gasteiger partial charge in [-0.2, -0.15) is 0 Å². The number of nitrogens with two attached hydrogens (primary N) is 2. The lowest BCUT2D eigenvalue weighted by atomic mass is 9.58. The Bertz CT molecular complexity index is 1360. The molecule has 0 spiro atoms. The third kappa shape index (κ3) is 9.69. The van der Waals surface area contributed by atoms with Crippen LogP contribution in [0.5, 0.6) is 0 Å². The summed E-state index contributed by atoms with van der Waals surface area (Å²) in [6.45, 7) is 9.60. The van der Waals surface area contributed by atoms with Crippen molar-refractivity contribution in [3.8, 4) is 0 Å². The van der Waals surface area contributed by atoms with E-state index in [2.05, 4.69) is 115 Å². The van der Waals surface area contributed by atoms with Crippen molar-refractivity contribution in [2.45, 2.75) is 70.8 Å². The first kappa shape index (κ1) is 35.1. The molecule has 1 aliphatic heterocycles. The van der Waals surface area contributed by atoms with Crippen LogP contribution in [0, 0.1) is 35.5 Å². The first-order valence-corrected chi connectivity index (χ1v) is 18.4. The van der Waals surface area contributed by atoms with E-state index in [0.29, 0.717) is 54.6 Å². The molecule has 47 heavy (non-hydrogen) atoms. The normalized spacial score (nSPS) is 30.5. The van der Waals surface area contributed by atoms with Crippen molar-refractivity contribution in [1.29, 1.82) is 0 Å². The summed E-state index contributed by atoms with van der Waals surface area (Å²) < 4.78 is 0. The minimum atomic E-state index is 0.391. The molecule has 4 heteroatoms. The highest BCUT2D eigenvalue weighted by atomic mass is 14.9. The molecule has 0 aromatic heterocycles. The van der Waals surface area contributed by atoms with Gasteiger partial charge in [0.1, 0.15) is 0 Å². The Labute approximate surface area is 285 Å². The van der Waals surface area contributed by atoms with Gasteiger partial charge < -0.3 is 22.1 Å². The summed E-state index contributed by atoms with van der Waals surface area (Å²) in [5.74, 6) is 3.61. The number of nitrogens with one attached hydrogen (secondary N) is 2. The molecule has 5 rings (SSSR count). The minimum absolute atomic E-state index is 0.391. The van der Waals surface area contributed by atoms with E-state index in [4.69, 9.17) is 11.5 Å². The lowest BCUT2D eigenvalue weighted by molar-refractivity contribution is 0.0923. The zero-order chi connectivity index (χ0) is 32.8. The highest BCUT2D eigenvalue weighted by Crippen LogP contribution is 2.49. The third-order valence-corrected chi connectivity index (χ3v) is 11.3. The van der Waals surface area contributed by atoms with Crippen LogP contribution in [0.4, 0.5) is 0 Å². The number of allylic oxidation sites excluding steroid dienone is 15. The van der Waals surface area contributed by atoms with Gasteiger partial charge in [0.25, 0.3) is 0 Å². The SMILES string of the molecule is C=C/C(=C\CN)C1=CC=CC(/C(=C/CC(C)C2CCC(/C(=C/C=C/C3=CC=CCN3)CN)C3CCC=CC23)CNC2C=CCCC2)C1. The van der Waals surface area contributed by atoms with E-state index < -0.39 is 0 Å². The largest absolute Gasteiger partial charge is 0.382 e. The highest BCUT2D eigenvalue weighted by Gasteiger charge is 2.41. The molecule has 0 saturated heterocycles. The van der Waals surface area contributed by atoms with Gasteiger partial charge in [0, 0.05) is 43.8 Å². The van der Waals surface area contributed by atoms with Gasteiger partial charge in [-0.05, 0) is 111 Å². The summed E-state index contributed by atoms with van der Waals surface area (Å²) in [6, 6.07) is 0.476. The lowest BCUT2D eigenvalue weighted by Crippen LogP contribution is -2.39. The Morgan fingerprint density at radius 2 is 1.89 bits per heavy atom. The van der Waals surface area contributed by atoms with Crippen LogP contribution in [0.3, 0.4) is 0 Å². The van der Waals surface area contributed by atoms with E-state index in [9.17, 15) is 0 Å². The highest BCUT2D eigenvalue weighted by molar-refractivity contribution is 5.44. The van der Waals surface area contributed by atoms with Gasteiger partial charge in [0.05, 0.1) is 0 Å². The summed E-state index contributed by atoms with van der Waals surface area (Å²) in [4.78, 5) is 0. The van der Waals surface area contributed by atoms with Gasteiger partial charge >= 0.3 is 0 Å². The second-order valence-corrected chi connectivity index (χ2v) is 14.2. The summed E-state index contributed by atoms with van der Waals surface area (Å²) in [7, 11) is 0. The monoisotopic (exact) mass is 632 g/mol. The molecule has 1 saturated carbocycles. The summed E-state index contributed by atoms with van der Waals surface area (Å²) in [5.41, 5.74) is 18.9. The number of rotatable bonds is 14. The molecule has 0 amide bonds. The van der Waals surface area contributed by atoms with Crippen molar-refractivity contribution in [2.75, 3.05) is 26.2 Å². The van der Waals surface area contributed by atoms with Crippen LogP contribution in [0.2, 0.25) is 0 Å². The molecule has 0 aromatic rings. The van der Waals surface area contributed by atoms with Gasteiger partial charge in [0.15, 0.2) is 0 Å². The Morgan fingerprint density at radius 3 is 2.66 bits per heavy atom. The molecule has 6 N–H and O–H groups in total. The van der Waals surface area contributed by atoms with Crippen LogP contribution in [0.25, 0.3) is 0 Å². The molecule has 0 aromatic carbocycles. The average molecular weight is 633 g/mol. The van der Waals surface area contributed by atoms with Gasteiger partial charge in [-0.15, -0.1) is 0 Å². The topological polar surface area (TPSA) is 76.1 Å². The number of fused-ring (bicyclic) bond motifs is 1. The molecule has 0 bridgehead atoms. The Morgan fingerprint density at radius 1 is 1.00 bits per heavy atom. The predicted molar refractivity (Wildman–Crippen MR) is 202 cm³/mol. The molecular weight excluding hydrogens is 573 g/mol.